The third-order valence-corrected chi connectivity index (χ3v) is 3.95. The maximum absolute atomic E-state index is 12.4. The van der Waals surface area contributed by atoms with Crippen LogP contribution in [0, 0.1) is 13.8 Å². The van der Waals surface area contributed by atoms with Gasteiger partial charge in [-0.3, -0.25) is 4.79 Å². The molecule has 0 atom stereocenters. The van der Waals surface area contributed by atoms with Crippen molar-refractivity contribution < 1.29 is 4.79 Å². The van der Waals surface area contributed by atoms with Crippen LogP contribution in [0.25, 0.3) is 5.70 Å². The minimum atomic E-state index is 0.0452. The van der Waals surface area contributed by atoms with Crippen LogP contribution < -0.4 is 0 Å². The second-order valence-corrected chi connectivity index (χ2v) is 5.30. The molecule has 0 bridgehead atoms. The Labute approximate surface area is 119 Å². The molecule has 2 nitrogen and oxygen atoms in total. The van der Waals surface area contributed by atoms with Gasteiger partial charge in [0.1, 0.15) is 0 Å². The van der Waals surface area contributed by atoms with Crippen LogP contribution in [0.3, 0.4) is 0 Å². The molecule has 2 aromatic rings. The molecular formula is C18H17NO. The molecule has 0 unspecified atom stereocenters. The van der Waals surface area contributed by atoms with Crippen molar-refractivity contribution in [2.75, 3.05) is 0 Å². The standard InChI is InChI=1S/C18H17NO/c1-12-8-9-15(10-13(12)2)11-19-14(3)16-6-4-5-7-17(16)18(19)20/h4-10H,3,11H2,1-2H3. The zero-order valence-electron chi connectivity index (χ0n) is 11.8. The summed E-state index contributed by atoms with van der Waals surface area (Å²) in [7, 11) is 0. The monoisotopic (exact) mass is 263 g/mol. The van der Waals surface area contributed by atoms with Gasteiger partial charge >= 0.3 is 0 Å². The number of hydrogen-bond donors (Lipinski definition) is 0. The zero-order chi connectivity index (χ0) is 14.3. The highest BCUT2D eigenvalue weighted by Gasteiger charge is 2.30. The van der Waals surface area contributed by atoms with Gasteiger partial charge in [-0.05, 0) is 36.6 Å². The number of rotatable bonds is 2. The lowest BCUT2D eigenvalue weighted by Crippen LogP contribution is -2.22. The minimum Gasteiger partial charge on any atom is -0.304 e. The van der Waals surface area contributed by atoms with Crippen LogP contribution in [0.1, 0.15) is 32.6 Å². The molecule has 0 radical (unpaired) electrons. The van der Waals surface area contributed by atoms with Crippen molar-refractivity contribution in [1.29, 1.82) is 0 Å². The van der Waals surface area contributed by atoms with Crippen molar-refractivity contribution in [3.63, 3.8) is 0 Å². The third kappa shape index (κ3) is 1.94. The molecule has 0 saturated heterocycles. The van der Waals surface area contributed by atoms with Crippen molar-refractivity contribution in [2.45, 2.75) is 20.4 Å². The van der Waals surface area contributed by atoms with E-state index in [1.165, 1.54) is 11.1 Å². The van der Waals surface area contributed by atoms with E-state index in [1.807, 2.05) is 24.3 Å². The van der Waals surface area contributed by atoms with Gasteiger partial charge < -0.3 is 4.90 Å². The highest BCUT2D eigenvalue weighted by molar-refractivity contribution is 6.08. The van der Waals surface area contributed by atoms with Gasteiger partial charge in [-0.1, -0.05) is 43.0 Å². The average Bonchev–Trinajstić information content (AvgIpc) is 2.69. The highest BCUT2D eigenvalue weighted by atomic mass is 16.2. The first-order valence-corrected chi connectivity index (χ1v) is 6.74. The van der Waals surface area contributed by atoms with Gasteiger partial charge in [0, 0.05) is 16.8 Å². The predicted molar refractivity (Wildman–Crippen MR) is 81.3 cm³/mol. The molecule has 1 amide bonds. The molecule has 1 aliphatic rings. The molecule has 1 heterocycles. The molecule has 0 aromatic heterocycles. The van der Waals surface area contributed by atoms with Crippen molar-refractivity contribution in [2.24, 2.45) is 0 Å². The number of fused-ring (bicyclic) bond motifs is 1. The summed E-state index contributed by atoms with van der Waals surface area (Å²) in [6.45, 7) is 8.83. The summed E-state index contributed by atoms with van der Waals surface area (Å²) in [4.78, 5) is 14.2. The third-order valence-electron chi connectivity index (χ3n) is 3.95. The summed E-state index contributed by atoms with van der Waals surface area (Å²) in [6.07, 6.45) is 0. The zero-order valence-corrected chi connectivity index (χ0v) is 11.8. The summed E-state index contributed by atoms with van der Waals surface area (Å²) in [5, 5.41) is 0. The Morgan fingerprint density at radius 3 is 2.35 bits per heavy atom. The van der Waals surface area contributed by atoms with Crippen LogP contribution in [0.15, 0.2) is 49.0 Å². The van der Waals surface area contributed by atoms with E-state index in [4.69, 9.17) is 0 Å². The number of benzene rings is 2. The fourth-order valence-corrected chi connectivity index (χ4v) is 2.59. The molecule has 0 saturated carbocycles. The normalized spacial score (nSPS) is 13.8. The molecule has 20 heavy (non-hydrogen) atoms. The van der Waals surface area contributed by atoms with E-state index < -0.39 is 0 Å². The lowest BCUT2D eigenvalue weighted by Gasteiger charge is -2.18. The van der Waals surface area contributed by atoms with Crippen molar-refractivity contribution in [3.05, 3.63) is 76.9 Å². The molecule has 100 valence electrons. The van der Waals surface area contributed by atoms with Crippen LogP contribution in [-0.4, -0.2) is 10.8 Å². The Bertz CT molecular complexity index is 680. The molecule has 1 aliphatic heterocycles. The Hall–Kier alpha value is -2.35. The first-order valence-electron chi connectivity index (χ1n) is 6.74. The lowest BCUT2D eigenvalue weighted by molar-refractivity contribution is 0.0843. The highest BCUT2D eigenvalue weighted by Crippen LogP contribution is 2.32. The first-order chi connectivity index (χ1) is 9.58. The summed E-state index contributed by atoms with van der Waals surface area (Å²) in [6, 6.07) is 14.0. The van der Waals surface area contributed by atoms with Crippen LogP contribution in [0.5, 0.6) is 0 Å². The van der Waals surface area contributed by atoms with Gasteiger partial charge in [-0.2, -0.15) is 0 Å². The van der Waals surface area contributed by atoms with Crippen molar-refractivity contribution >= 4 is 11.6 Å². The summed E-state index contributed by atoms with van der Waals surface area (Å²) >= 11 is 0. The van der Waals surface area contributed by atoms with Crippen LogP contribution in [0.2, 0.25) is 0 Å². The number of hydrogen-bond acceptors (Lipinski definition) is 1. The molecule has 3 rings (SSSR count). The Morgan fingerprint density at radius 2 is 1.70 bits per heavy atom. The molecule has 2 heteroatoms. The molecule has 0 N–H and O–H groups in total. The second kappa shape index (κ2) is 4.64. The molecule has 0 spiro atoms. The molecule has 2 aromatic carbocycles. The van der Waals surface area contributed by atoms with Gasteiger partial charge in [-0.25, -0.2) is 0 Å². The van der Waals surface area contributed by atoms with E-state index in [0.717, 1.165) is 22.4 Å². The van der Waals surface area contributed by atoms with Gasteiger partial charge in [0.05, 0.1) is 6.54 Å². The van der Waals surface area contributed by atoms with Crippen molar-refractivity contribution in [3.8, 4) is 0 Å². The van der Waals surface area contributed by atoms with E-state index in [9.17, 15) is 4.79 Å². The Morgan fingerprint density at radius 1 is 1.00 bits per heavy atom. The summed E-state index contributed by atoms with van der Waals surface area (Å²) < 4.78 is 0. The summed E-state index contributed by atoms with van der Waals surface area (Å²) in [5.41, 5.74) is 6.14. The number of nitrogens with zero attached hydrogens (tertiary/aromatic N) is 1. The summed E-state index contributed by atoms with van der Waals surface area (Å²) in [5.74, 6) is 0.0452. The van der Waals surface area contributed by atoms with Gasteiger partial charge in [0.25, 0.3) is 5.91 Å². The van der Waals surface area contributed by atoms with E-state index in [-0.39, 0.29) is 5.91 Å². The van der Waals surface area contributed by atoms with E-state index in [0.29, 0.717) is 6.54 Å². The largest absolute Gasteiger partial charge is 0.304 e. The first kappa shape index (κ1) is 12.7. The maximum atomic E-state index is 12.4. The smallest absolute Gasteiger partial charge is 0.259 e. The van der Waals surface area contributed by atoms with Crippen LogP contribution in [-0.2, 0) is 6.54 Å². The van der Waals surface area contributed by atoms with E-state index in [2.05, 4.69) is 38.6 Å². The predicted octanol–water partition coefficient (Wildman–Crippen LogP) is 3.93. The molecule has 0 fully saturated rings. The number of carbonyl (C=O) groups is 1. The second-order valence-electron chi connectivity index (χ2n) is 5.30. The van der Waals surface area contributed by atoms with Gasteiger partial charge in [-0.15, -0.1) is 0 Å². The fraction of sp³-hybridized carbons (Fsp3) is 0.167. The minimum absolute atomic E-state index is 0.0452. The van der Waals surface area contributed by atoms with Gasteiger partial charge in [0.2, 0.25) is 0 Å². The van der Waals surface area contributed by atoms with Crippen molar-refractivity contribution in [1.82, 2.24) is 4.90 Å². The van der Waals surface area contributed by atoms with Crippen LogP contribution >= 0.6 is 0 Å². The Kier molecular flexibility index (Phi) is 2.94. The van der Waals surface area contributed by atoms with Crippen LogP contribution in [0.4, 0.5) is 0 Å². The SMILES string of the molecule is C=C1c2ccccc2C(=O)N1Cc1ccc(C)c(C)c1. The number of carbonyl (C=O) groups excluding carboxylic acids is 1. The lowest BCUT2D eigenvalue weighted by atomic mass is 10.1. The molecular weight excluding hydrogens is 246 g/mol. The molecule has 0 aliphatic carbocycles. The fourth-order valence-electron chi connectivity index (χ4n) is 2.59. The Balaban J connectivity index is 1.91. The maximum Gasteiger partial charge on any atom is 0.259 e. The quantitative estimate of drug-likeness (QED) is 0.804. The number of aryl methyl sites for hydroxylation is 2. The van der Waals surface area contributed by atoms with E-state index >= 15 is 0 Å². The topological polar surface area (TPSA) is 20.3 Å². The van der Waals surface area contributed by atoms with E-state index in [1.54, 1.807) is 4.90 Å². The number of amides is 1. The average molecular weight is 263 g/mol. The van der Waals surface area contributed by atoms with Gasteiger partial charge in [0.15, 0.2) is 0 Å².